The van der Waals surface area contributed by atoms with E-state index in [9.17, 15) is 9.90 Å². The van der Waals surface area contributed by atoms with Crippen LogP contribution in [0.1, 0.15) is 80.1 Å². The molecule has 0 saturated carbocycles. The van der Waals surface area contributed by atoms with Gasteiger partial charge in [-0.2, -0.15) is 0 Å². The third-order valence-electron chi connectivity index (χ3n) is 5.39. The van der Waals surface area contributed by atoms with Gasteiger partial charge in [-0.25, -0.2) is 0 Å². The van der Waals surface area contributed by atoms with Crippen LogP contribution in [0.4, 0.5) is 0 Å². The normalized spacial score (nSPS) is 13.7. The monoisotopic (exact) mass is 268 g/mol. The van der Waals surface area contributed by atoms with Crippen molar-refractivity contribution in [2.24, 2.45) is 10.8 Å². The number of hydrogen-bond donors (Lipinski definition) is 1. The van der Waals surface area contributed by atoms with Crippen molar-refractivity contribution in [2.75, 3.05) is 0 Å². The van der Waals surface area contributed by atoms with Gasteiger partial charge in [-0.15, -0.1) is 0 Å². The molecule has 0 aliphatic carbocycles. The summed E-state index contributed by atoms with van der Waals surface area (Å²) in [6.07, 6.45) is 6.62. The number of rotatable bonds is 9. The van der Waals surface area contributed by atoms with Crippen molar-refractivity contribution in [3.63, 3.8) is 0 Å². The number of hydrogen-bond acceptors (Lipinski definition) is 2. The standard InChI is InChI=1S/C17H32O2/c1-7-16(8-2,9-3)14(18)13-15(19)17(10-4,11-5)12-6/h13,18H,7-12H2,1-6H3/b14-13-. The van der Waals surface area contributed by atoms with Crippen molar-refractivity contribution >= 4 is 5.78 Å². The van der Waals surface area contributed by atoms with Crippen LogP contribution in [-0.2, 0) is 4.79 Å². The molecule has 0 aromatic rings. The van der Waals surface area contributed by atoms with Gasteiger partial charge < -0.3 is 5.11 Å². The van der Waals surface area contributed by atoms with Gasteiger partial charge in [-0.05, 0) is 38.5 Å². The molecule has 0 aromatic carbocycles. The first-order valence-electron chi connectivity index (χ1n) is 7.87. The second-order valence-corrected chi connectivity index (χ2v) is 5.58. The largest absolute Gasteiger partial charge is 0.512 e. The van der Waals surface area contributed by atoms with Gasteiger partial charge >= 0.3 is 0 Å². The highest BCUT2D eigenvalue weighted by molar-refractivity contribution is 5.95. The topological polar surface area (TPSA) is 37.3 Å². The molecule has 0 aromatic heterocycles. The van der Waals surface area contributed by atoms with Crippen LogP contribution in [0.25, 0.3) is 0 Å². The van der Waals surface area contributed by atoms with E-state index >= 15 is 0 Å². The minimum absolute atomic E-state index is 0.0947. The fraction of sp³-hybridized carbons (Fsp3) is 0.824. The molecule has 19 heavy (non-hydrogen) atoms. The van der Waals surface area contributed by atoms with Crippen LogP contribution in [-0.4, -0.2) is 10.9 Å². The summed E-state index contributed by atoms with van der Waals surface area (Å²) in [5.74, 6) is 0.377. The van der Waals surface area contributed by atoms with Gasteiger partial charge in [-0.3, -0.25) is 4.79 Å². The molecule has 0 unspecified atom stereocenters. The van der Waals surface area contributed by atoms with E-state index in [4.69, 9.17) is 0 Å². The Morgan fingerprint density at radius 1 is 0.789 bits per heavy atom. The van der Waals surface area contributed by atoms with Gasteiger partial charge in [0.25, 0.3) is 0 Å². The number of allylic oxidation sites excluding steroid dienone is 2. The number of aliphatic hydroxyl groups excluding tert-OH is 1. The average molecular weight is 268 g/mol. The molecule has 0 rings (SSSR count). The molecule has 0 aliphatic heterocycles. The molecule has 0 spiro atoms. The lowest BCUT2D eigenvalue weighted by molar-refractivity contribution is -0.124. The predicted molar refractivity (Wildman–Crippen MR) is 82.3 cm³/mol. The van der Waals surface area contributed by atoms with Crippen molar-refractivity contribution in [1.82, 2.24) is 0 Å². The number of carbonyl (C=O) groups is 1. The fourth-order valence-electron chi connectivity index (χ4n) is 3.00. The molecular formula is C17H32O2. The summed E-state index contributed by atoms with van der Waals surface area (Å²) in [5, 5.41) is 10.4. The lowest BCUT2D eigenvalue weighted by Crippen LogP contribution is -2.30. The van der Waals surface area contributed by atoms with Crippen LogP contribution in [0.2, 0.25) is 0 Å². The summed E-state index contributed by atoms with van der Waals surface area (Å²) in [7, 11) is 0. The third kappa shape index (κ3) is 3.61. The van der Waals surface area contributed by atoms with E-state index in [0.717, 1.165) is 38.5 Å². The quantitative estimate of drug-likeness (QED) is 0.447. The van der Waals surface area contributed by atoms with Crippen molar-refractivity contribution in [2.45, 2.75) is 80.1 Å². The molecule has 0 amide bonds. The number of carbonyl (C=O) groups excluding carboxylic acids is 1. The van der Waals surface area contributed by atoms with E-state index in [0.29, 0.717) is 0 Å². The van der Waals surface area contributed by atoms with Crippen LogP contribution in [0, 0.1) is 10.8 Å². The summed E-state index contributed by atoms with van der Waals surface area (Å²) in [6.45, 7) is 12.4. The van der Waals surface area contributed by atoms with E-state index in [1.807, 2.05) is 0 Å². The zero-order valence-corrected chi connectivity index (χ0v) is 13.7. The summed E-state index contributed by atoms with van der Waals surface area (Å²) in [6, 6.07) is 0. The van der Waals surface area contributed by atoms with E-state index < -0.39 is 0 Å². The van der Waals surface area contributed by atoms with E-state index in [2.05, 4.69) is 41.5 Å². The lowest BCUT2D eigenvalue weighted by atomic mass is 9.73. The maximum atomic E-state index is 12.5. The molecule has 0 atom stereocenters. The fourth-order valence-corrected chi connectivity index (χ4v) is 3.00. The molecule has 1 N–H and O–H groups in total. The summed E-state index contributed by atoms with van der Waals surface area (Å²) < 4.78 is 0. The van der Waals surface area contributed by atoms with Gasteiger partial charge in [0.2, 0.25) is 0 Å². The highest BCUT2D eigenvalue weighted by Gasteiger charge is 2.34. The Kier molecular flexibility index (Phi) is 7.39. The second-order valence-electron chi connectivity index (χ2n) is 5.58. The summed E-state index contributed by atoms with van der Waals surface area (Å²) >= 11 is 0. The molecule has 0 saturated heterocycles. The Balaban J connectivity index is 5.38. The van der Waals surface area contributed by atoms with Crippen molar-refractivity contribution in [3.05, 3.63) is 11.8 Å². The van der Waals surface area contributed by atoms with Crippen molar-refractivity contribution in [3.8, 4) is 0 Å². The molecular weight excluding hydrogens is 236 g/mol. The van der Waals surface area contributed by atoms with Gasteiger partial charge in [0.05, 0.1) is 0 Å². The van der Waals surface area contributed by atoms with Crippen molar-refractivity contribution in [1.29, 1.82) is 0 Å². The van der Waals surface area contributed by atoms with E-state index in [1.54, 1.807) is 0 Å². The first-order chi connectivity index (χ1) is 8.91. The predicted octanol–water partition coefficient (Wildman–Crippen LogP) is 5.43. The Hall–Kier alpha value is -0.790. The minimum atomic E-state index is -0.297. The molecule has 0 fully saturated rings. The first-order valence-corrected chi connectivity index (χ1v) is 7.87. The van der Waals surface area contributed by atoms with E-state index in [-0.39, 0.29) is 22.4 Å². The van der Waals surface area contributed by atoms with E-state index in [1.165, 1.54) is 6.08 Å². The van der Waals surface area contributed by atoms with Crippen LogP contribution in [0.3, 0.4) is 0 Å². The molecule has 2 heteroatoms. The first kappa shape index (κ1) is 18.2. The number of ketones is 1. The maximum absolute atomic E-state index is 12.5. The van der Waals surface area contributed by atoms with Gasteiger partial charge in [0.15, 0.2) is 5.78 Å². The van der Waals surface area contributed by atoms with Gasteiger partial charge in [0.1, 0.15) is 5.76 Å². The highest BCUT2D eigenvalue weighted by atomic mass is 16.3. The number of aliphatic hydroxyl groups is 1. The van der Waals surface area contributed by atoms with Gasteiger partial charge in [-0.1, -0.05) is 41.5 Å². The Morgan fingerprint density at radius 3 is 1.37 bits per heavy atom. The molecule has 0 bridgehead atoms. The smallest absolute Gasteiger partial charge is 0.165 e. The molecule has 0 heterocycles. The van der Waals surface area contributed by atoms with Crippen molar-refractivity contribution < 1.29 is 9.90 Å². The minimum Gasteiger partial charge on any atom is -0.512 e. The molecule has 2 nitrogen and oxygen atoms in total. The zero-order chi connectivity index (χ0) is 15.1. The van der Waals surface area contributed by atoms with Gasteiger partial charge in [0, 0.05) is 16.9 Å². The highest BCUT2D eigenvalue weighted by Crippen LogP contribution is 2.39. The second kappa shape index (κ2) is 7.72. The SMILES string of the molecule is CCC(CC)(CC)C(=O)/C=C(\O)C(CC)(CC)CC. The Morgan fingerprint density at radius 2 is 1.11 bits per heavy atom. The Bertz CT molecular complexity index is 291. The summed E-state index contributed by atoms with van der Waals surface area (Å²) in [5.41, 5.74) is -0.522. The summed E-state index contributed by atoms with van der Waals surface area (Å²) in [4.78, 5) is 12.5. The van der Waals surface area contributed by atoms with Crippen LogP contribution in [0.5, 0.6) is 0 Å². The lowest BCUT2D eigenvalue weighted by Gasteiger charge is -2.32. The average Bonchev–Trinajstić information content (AvgIpc) is 2.44. The van der Waals surface area contributed by atoms with Crippen LogP contribution < -0.4 is 0 Å². The van der Waals surface area contributed by atoms with Crippen LogP contribution >= 0.6 is 0 Å². The third-order valence-corrected chi connectivity index (χ3v) is 5.39. The Labute approximate surface area is 119 Å². The molecule has 0 aliphatic rings. The van der Waals surface area contributed by atoms with Crippen LogP contribution in [0.15, 0.2) is 11.8 Å². The molecule has 112 valence electrons. The maximum Gasteiger partial charge on any atom is 0.165 e. The zero-order valence-electron chi connectivity index (χ0n) is 13.7. The molecule has 0 radical (unpaired) electrons.